The van der Waals surface area contributed by atoms with Crippen molar-refractivity contribution in [2.75, 3.05) is 20.8 Å². The van der Waals surface area contributed by atoms with Gasteiger partial charge in [-0.3, -0.25) is 5.10 Å². The van der Waals surface area contributed by atoms with Crippen molar-refractivity contribution in [3.8, 4) is 28.3 Å². The van der Waals surface area contributed by atoms with Crippen LogP contribution in [0.3, 0.4) is 0 Å². The molecule has 0 amide bonds. The third-order valence-electron chi connectivity index (χ3n) is 5.00. The maximum Gasteiger partial charge on any atom is 0.335 e. The lowest BCUT2D eigenvalue weighted by Gasteiger charge is -2.24. The smallest absolute Gasteiger partial charge is 0.335 e. The molecule has 0 aliphatic heterocycles. The van der Waals surface area contributed by atoms with Gasteiger partial charge in [-0.05, 0) is 47.4 Å². The monoisotopic (exact) mass is 424 g/mol. The summed E-state index contributed by atoms with van der Waals surface area (Å²) in [4.78, 5) is 11.1. The maximum atomic E-state index is 11.1. The highest BCUT2D eigenvalue weighted by molar-refractivity contribution is 5.88. The lowest BCUT2D eigenvalue weighted by molar-refractivity contribution is -0.122. The van der Waals surface area contributed by atoms with E-state index in [1.165, 1.54) is 0 Å². The second-order valence-corrected chi connectivity index (χ2v) is 8.22. The summed E-state index contributed by atoms with van der Waals surface area (Å²) < 4.78 is 16.4. The quantitative estimate of drug-likeness (QED) is 0.508. The van der Waals surface area contributed by atoms with Gasteiger partial charge >= 0.3 is 5.97 Å². The topological polar surface area (TPSA) is 93.7 Å². The van der Waals surface area contributed by atoms with Crippen LogP contribution in [0.25, 0.3) is 22.5 Å². The van der Waals surface area contributed by atoms with E-state index in [9.17, 15) is 4.79 Å². The molecule has 0 saturated carbocycles. The number of H-pyrrole nitrogens is 1. The number of aromatic nitrogens is 2. The number of methoxy groups -OCH3 is 2. The molecule has 0 fully saturated rings. The summed E-state index contributed by atoms with van der Waals surface area (Å²) in [5.41, 5.74) is 4.58. The largest absolute Gasteiger partial charge is 0.488 e. The molecule has 0 spiro atoms. The number of aromatic amines is 1. The summed E-state index contributed by atoms with van der Waals surface area (Å²) in [6, 6.07) is 14.6. The van der Waals surface area contributed by atoms with Crippen LogP contribution < -0.4 is 4.74 Å². The minimum Gasteiger partial charge on any atom is -0.488 e. The van der Waals surface area contributed by atoms with Crippen LogP contribution in [0.15, 0.2) is 48.5 Å². The number of carboxylic acid groups (broad SMARTS) is 1. The van der Waals surface area contributed by atoms with Gasteiger partial charge in [0, 0.05) is 25.3 Å². The number of rotatable bonds is 8. The fraction of sp³-hybridized carbons (Fsp3) is 0.333. The highest BCUT2D eigenvalue weighted by Crippen LogP contribution is 2.35. The first-order chi connectivity index (χ1) is 14.7. The van der Waals surface area contributed by atoms with Crippen LogP contribution in [0, 0.1) is 0 Å². The maximum absolute atomic E-state index is 11.1. The Kier molecular flexibility index (Phi) is 6.77. The minimum absolute atomic E-state index is 0.146. The first kappa shape index (κ1) is 22.5. The number of ether oxygens (including phenoxy) is 3. The summed E-state index contributed by atoms with van der Waals surface area (Å²) in [6.07, 6.45) is -0.436. The van der Waals surface area contributed by atoms with Crippen molar-refractivity contribution in [1.82, 2.24) is 10.2 Å². The summed E-state index contributed by atoms with van der Waals surface area (Å²) >= 11 is 0. The number of aromatic carboxylic acids is 1. The standard InChI is InChI=1S/C24H28N2O5/c1-24(2,3)18-12-17(10-11-21(18)31-14-22(29-4)30-5)20-13-19(25-26-20)15-6-8-16(9-7-15)23(27)28/h6-13,22H,14H2,1-5H3,(H,25,26)(H,27,28). The Morgan fingerprint density at radius 1 is 1.03 bits per heavy atom. The van der Waals surface area contributed by atoms with Gasteiger partial charge in [-0.25, -0.2) is 4.79 Å². The average molecular weight is 424 g/mol. The molecule has 0 aliphatic carbocycles. The highest BCUT2D eigenvalue weighted by Gasteiger charge is 2.21. The predicted octanol–water partition coefficient (Wildman–Crippen LogP) is 4.74. The fourth-order valence-electron chi connectivity index (χ4n) is 3.20. The Labute approximate surface area is 182 Å². The van der Waals surface area contributed by atoms with E-state index in [-0.39, 0.29) is 17.6 Å². The molecule has 0 unspecified atom stereocenters. The van der Waals surface area contributed by atoms with Crippen LogP contribution in [-0.4, -0.2) is 48.4 Å². The van der Waals surface area contributed by atoms with E-state index in [0.29, 0.717) is 0 Å². The Morgan fingerprint density at radius 3 is 2.26 bits per heavy atom. The zero-order valence-corrected chi connectivity index (χ0v) is 18.4. The van der Waals surface area contributed by atoms with Gasteiger partial charge in [0.05, 0.1) is 17.0 Å². The third-order valence-corrected chi connectivity index (χ3v) is 5.00. The van der Waals surface area contributed by atoms with Crippen molar-refractivity contribution < 1.29 is 24.1 Å². The third kappa shape index (κ3) is 5.31. The van der Waals surface area contributed by atoms with E-state index in [1.54, 1.807) is 38.5 Å². The number of hydrogen-bond donors (Lipinski definition) is 2. The van der Waals surface area contributed by atoms with E-state index >= 15 is 0 Å². The molecule has 0 saturated heterocycles. The van der Waals surface area contributed by atoms with Crippen LogP contribution in [0.5, 0.6) is 5.75 Å². The molecule has 7 nitrogen and oxygen atoms in total. The Morgan fingerprint density at radius 2 is 1.68 bits per heavy atom. The fourth-order valence-corrected chi connectivity index (χ4v) is 3.20. The molecule has 0 bridgehead atoms. The molecule has 2 aromatic carbocycles. The molecule has 31 heavy (non-hydrogen) atoms. The molecular weight excluding hydrogens is 396 g/mol. The van der Waals surface area contributed by atoms with Crippen LogP contribution in [-0.2, 0) is 14.9 Å². The van der Waals surface area contributed by atoms with Crippen LogP contribution >= 0.6 is 0 Å². The number of nitrogens with one attached hydrogen (secondary N) is 1. The Balaban J connectivity index is 1.88. The number of carbonyl (C=O) groups is 1. The van der Waals surface area contributed by atoms with E-state index < -0.39 is 12.3 Å². The number of benzene rings is 2. The van der Waals surface area contributed by atoms with E-state index in [0.717, 1.165) is 33.8 Å². The van der Waals surface area contributed by atoms with Gasteiger partial charge in [0.1, 0.15) is 12.4 Å². The number of hydrogen-bond acceptors (Lipinski definition) is 5. The molecule has 0 radical (unpaired) electrons. The summed E-state index contributed by atoms with van der Waals surface area (Å²) in [7, 11) is 3.16. The van der Waals surface area contributed by atoms with Gasteiger partial charge in [-0.2, -0.15) is 5.10 Å². The summed E-state index contributed by atoms with van der Waals surface area (Å²) in [6.45, 7) is 6.67. The van der Waals surface area contributed by atoms with E-state index in [1.807, 2.05) is 18.2 Å². The first-order valence-corrected chi connectivity index (χ1v) is 9.95. The van der Waals surface area contributed by atoms with Gasteiger partial charge in [-0.1, -0.05) is 32.9 Å². The number of carboxylic acids is 1. The van der Waals surface area contributed by atoms with Gasteiger partial charge in [0.2, 0.25) is 0 Å². The average Bonchev–Trinajstić information content (AvgIpc) is 3.24. The predicted molar refractivity (Wildman–Crippen MR) is 118 cm³/mol. The minimum atomic E-state index is -0.948. The zero-order valence-electron chi connectivity index (χ0n) is 18.4. The Hall–Kier alpha value is -3.16. The van der Waals surface area contributed by atoms with Gasteiger partial charge in [-0.15, -0.1) is 0 Å². The normalized spacial score (nSPS) is 11.7. The SMILES string of the molecule is COC(COc1ccc(-c2cc(-c3ccc(C(=O)O)cc3)[nH]n2)cc1C(C)(C)C)OC. The van der Waals surface area contributed by atoms with Crippen molar-refractivity contribution in [1.29, 1.82) is 0 Å². The lowest BCUT2D eigenvalue weighted by atomic mass is 9.85. The van der Waals surface area contributed by atoms with Crippen molar-refractivity contribution in [2.24, 2.45) is 0 Å². The Bertz CT molecular complexity index is 1030. The molecule has 1 heterocycles. The molecule has 0 aliphatic rings. The van der Waals surface area contributed by atoms with Crippen LogP contribution in [0.1, 0.15) is 36.7 Å². The van der Waals surface area contributed by atoms with Crippen molar-refractivity contribution >= 4 is 5.97 Å². The first-order valence-electron chi connectivity index (χ1n) is 9.95. The van der Waals surface area contributed by atoms with Crippen molar-refractivity contribution in [3.63, 3.8) is 0 Å². The van der Waals surface area contributed by atoms with Crippen molar-refractivity contribution in [3.05, 3.63) is 59.7 Å². The zero-order chi connectivity index (χ0) is 22.6. The molecule has 3 rings (SSSR count). The van der Waals surface area contributed by atoms with Gasteiger partial charge < -0.3 is 19.3 Å². The molecule has 1 aromatic heterocycles. The van der Waals surface area contributed by atoms with Crippen LogP contribution in [0.4, 0.5) is 0 Å². The molecular formula is C24H28N2O5. The summed E-state index contributed by atoms with van der Waals surface area (Å²) in [5, 5.41) is 16.6. The molecule has 2 N–H and O–H groups in total. The second-order valence-electron chi connectivity index (χ2n) is 8.22. The second kappa shape index (κ2) is 9.32. The highest BCUT2D eigenvalue weighted by atomic mass is 16.7. The number of nitrogens with zero attached hydrogens (tertiary/aromatic N) is 1. The molecule has 3 aromatic rings. The summed E-state index contributed by atoms with van der Waals surface area (Å²) in [5.74, 6) is -0.174. The van der Waals surface area contributed by atoms with Gasteiger partial charge in [0.25, 0.3) is 0 Å². The molecule has 164 valence electrons. The van der Waals surface area contributed by atoms with E-state index in [4.69, 9.17) is 19.3 Å². The lowest BCUT2D eigenvalue weighted by Crippen LogP contribution is -2.23. The van der Waals surface area contributed by atoms with E-state index in [2.05, 4.69) is 37.0 Å². The van der Waals surface area contributed by atoms with Crippen molar-refractivity contribution in [2.45, 2.75) is 32.5 Å². The molecule has 7 heteroatoms. The van der Waals surface area contributed by atoms with Crippen LogP contribution in [0.2, 0.25) is 0 Å². The molecule has 0 atom stereocenters. The van der Waals surface area contributed by atoms with Gasteiger partial charge in [0.15, 0.2) is 6.29 Å².